The van der Waals surface area contributed by atoms with Gasteiger partial charge in [-0.2, -0.15) is 0 Å². The lowest BCUT2D eigenvalue weighted by molar-refractivity contribution is 0.0743. The van der Waals surface area contributed by atoms with Crippen molar-refractivity contribution in [2.75, 3.05) is 5.75 Å². The summed E-state index contributed by atoms with van der Waals surface area (Å²) in [5, 5.41) is 9.76. The fourth-order valence-corrected chi connectivity index (χ4v) is 3.01. The Labute approximate surface area is 75.8 Å². The SMILES string of the molecule is C#CC1(O)CCS(=O)C(C)(C)C1. The van der Waals surface area contributed by atoms with Crippen LogP contribution in [0.5, 0.6) is 0 Å². The van der Waals surface area contributed by atoms with Crippen LogP contribution in [0.2, 0.25) is 0 Å². The van der Waals surface area contributed by atoms with Gasteiger partial charge in [0.05, 0.1) is 0 Å². The molecule has 0 aromatic heterocycles. The number of rotatable bonds is 0. The molecule has 2 nitrogen and oxygen atoms in total. The molecule has 1 heterocycles. The Morgan fingerprint density at radius 1 is 1.58 bits per heavy atom. The Morgan fingerprint density at radius 3 is 2.58 bits per heavy atom. The van der Waals surface area contributed by atoms with Crippen LogP contribution >= 0.6 is 0 Å². The van der Waals surface area contributed by atoms with Gasteiger partial charge in [0.25, 0.3) is 0 Å². The minimum absolute atomic E-state index is 0.348. The molecule has 1 rings (SSSR count). The third kappa shape index (κ3) is 1.70. The minimum atomic E-state index is -1.03. The first-order valence-corrected chi connectivity index (χ1v) is 5.30. The zero-order chi connectivity index (χ0) is 9.41. The summed E-state index contributed by atoms with van der Waals surface area (Å²) in [5.74, 6) is 2.89. The first kappa shape index (κ1) is 9.76. The van der Waals surface area contributed by atoms with E-state index in [1.807, 2.05) is 13.8 Å². The molecule has 0 aliphatic carbocycles. The number of terminal acetylenes is 1. The molecule has 0 saturated carbocycles. The molecule has 0 radical (unpaired) electrons. The van der Waals surface area contributed by atoms with Crippen molar-refractivity contribution in [2.45, 2.75) is 37.0 Å². The quantitative estimate of drug-likeness (QED) is 0.565. The fourth-order valence-electron chi connectivity index (χ4n) is 1.53. The van der Waals surface area contributed by atoms with Gasteiger partial charge in [0.15, 0.2) is 0 Å². The molecule has 1 saturated heterocycles. The second-order valence-electron chi connectivity index (χ2n) is 3.91. The standard InChI is InChI=1S/C9H14O2S/c1-4-9(10)5-6-12(11)8(2,3)7-9/h1,10H,5-7H2,2-3H3. The van der Waals surface area contributed by atoms with E-state index in [1.165, 1.54) is 0 Å². The highest BCUT2D eigenvalue weighted by atomic mass is 32.2. The van der Waals surface area contributed by atoms with Gasteiger partial charge in [-0.25, -0.2) is 0 Å². The number of aliphatic hydroxyl groups is 1. The summed E-state index contributed by atoms with van der Waals surface area (Å²) in [4.78, 5) is 0. The summed E-state index contributed by atoms with van der Waals surface area (Å²) in [7, 11) is -0.854. The highest BCUT2D eigenvalue weighted by Gasteiger charge is 2.41. The third-order valence-corrected chi connectivity index (χ3v) is 4.26. The highest BCUT2D eigenvalue weighted by Crippen LogP contribution is 2.33. The number of hydrogen-bond donors (Lipinski definition) is 1. The van der Waals surface area contributed by atoms with Gasteiger partial charge in [-0.05, 0) is 20.3 Å². The molecular weight excluding hydrogens is 172 g/mol. The smallest absolute Gasteiger partial charge is 0.127 e. The largest absolute Gasteiger partial charge is 0.378 e. The van der Waals surface area contributed by atoms with E-state index >= 15 is 0 Å². The van der Waals surface area contributed by atoms with Gasteiger partial charge in [0.2, 0.25) is 0 Å². The van der Waals surface area contributed by atoms with E-state index in [0.29, 0.717) is 18.6 Å². The highest BCUT2D eigenvalue weighted by molar-refractivity contribution is 7.86. The summed E-state index contributed by atoms with van der Waals surface area (Å²) in [5.41, 5.74) is -1.03. The lowest BCUT2D eigenvalue weighted by atomic mass is 9.89. The molecule has 1 aliphatic rings. The van der Waals surface area contributed by atoms with Crippen molar-refractivity contribution in [3.05, 3.63) is 0 Å². The van der Waals surface area contributed by atoms with E-state index in [2.05, 4.69) is 5.92 Å². The average molecular weight is 186 g/mol. The fraction of sp³-hybridized carbons (Fsp3) is 0.778. The van der Waals surface area contributed by atoms with Crippen molar-refractivity contribution in [2.24, 2.45) is 0 Å². The van der Waals surface area contributed by atoms with Gasteiger partial charge < -0.3 is 5.11 Å². The molecule has 2 unspecified atom stereocenters. The molecular formula is C9H14O2S. The molecule has 2 atom stereocenters. The maximum atomic E-state index is 11.5. The predicted molar refractivity (Wildman–Crippen MR) is 50.1 cm³/mol. The Kier molecular flexibility index (Phi) is 2.33. The van der Waals surface area contributed by atoms with Gasteiger partial charge in [0.1, 0.15) is 5.60 Å². The van der Waals surface area contributed by atoms with Crippen molar-refractivity contribution in [1.82, 2.24) is 0 Å². The van der Waals surface area contributed by atoms with Gasteiger partial charge in [-0.15, -0.1) is 6.42 Å². The van der Waals surface area contributed by atoms with Gasteiger partial charge in [0, 0.05) is 27.7 Å². The maximum Gasteiger partial charge on any atom is 0.127 e. The second kappa shape index (κ2) is 2.86. The summed E-state index contributed by atoms with van der Waals surface area (Å²) in [6.07, 6.45) is 6.10. The van der Waals surface area contributed by atoms with Crippen LogP contribution in [0.3, 0.4) is 0 Å². The lowest BCUT2D eigenvalue weighted by Crippen LogP contribution is -2.46. The summed E-state index contributed by atoms with van der Waals surface area (Å²) >= 11 is 0. The van der Waals surface area contributed by atoms with E-state index in [4.69, 9.17) is 6.42 Å². The molecule has 68 valence electrons. The van der Waals surface area contributed by atoms with Gasteiger partial charge in [-0.1, -0.05) is 5.92 Å². The molecule has 3 heteroatoms. The summed E-state index contributed by atoms with van der Waals surface area (Å²) < 4.78 is 11.1. The van der Waals surface area contributed by atoms with Crippen molar-refractivity contribution in [3.8, 4) is 12.3 Å². The van der Waals surface area contributed by atoms with Crippen molar-refractivity contribution in [3.63, 3.8) is 0 Å². The van der Waals surface area contributed by atoms with E-state index < -0.39 is 16.4 Å². The Hall–Kier alpha value is -0.330. The molecule has 1 aliphatic heterocycles. The van der Waals surface area contributed by atoms with Crippen LogP contribution in [0.1, 0.15) is 26.7 Å². The second-order valence-corrected chi connectivity index (χ2v) is 6.12. The Bertz CT molecular complexity index is 252. The van der Waals surface area contributed by atoms with Crippen molar-refractivity contribution < 1.29 is 9.32 Å². The molecule has 0 bridgehead atoms. The molecule has 1 fully saturated rings. The lowest BCUT2D eigenvalue weighted by Gasteiger charge is -2.37. The average Bonchev–Trinajstić information content (AvgIpc) is 1.97. The van der Waals surface area contributed by atoms with E-state index in [9.17, 15) is 9.32 Å². The molecule has 0 aromatic rings. The first-order valence-electron chi connectivity index (χ1n) is 3.98. The zero-order valence-corrected chi connectivity index (χ0v) is 8.28. The van der Waals surface area contributed by atoms with Crippen LogP contribution in [-0.4, -0.2) is 25.4 Å². The zero-order valence-electron chi connectivity index (χ0n) is 7.46. The van der Waals surface area contributed by atoms with Crippen LogP contribution in [-0.2, 0) is 10.8 Å². The van der Waals surface area contributed by atoms with E-state index in [0.717, 1.165) is 0 Å². The summed E-state index contributed by atoms with van der Waals surface area (Å²) in [6, 6.07) is 0. The predicted octanol–water partition coefficient (Wildman–Crippen LogP) is 0.672. The summed E-state index contributed by atoms with van der Waals surface area (Å²) in [6.45, 7) is 3.76. The Balaban J connectivity index is 2.84. The van der Waals surface area contributed by atoms with E-state index in [-0.39, 0.29) is 4.75 Å². The molecule has 0 spiro atoms. The Morgan fingerprint density at radius 2 is 2.17 bits per heavy atom. The minimum Gasteiger partial charge on any atom is -0.378 e. The van der Waals surface area contributed by atoms with Crippen LogP contribution in [0, 0.1) is 12.3 Å². The van der Waals surface area contributed by atoms with Crippen LogP contribution in [0.15, 0.2) is 0 Å². The third-order valence-electron chi connectivity index (χ3n) is 2.30. The van der Waals surface area contributed by atoms with E-state index in [1.54, 1.807) is 0 Å². The van der Waals surface area contributed by atoms with Gasteiger partial charge >= 0.3 is 0 Å². The van der Waals surface area contributed by atoms with Crippen LogP contribution in [0.25, 0.3) is 0 Å². The van der Waals surface area contributed by atoms with Crippen molar-refractivity contribution in [1.29, 1.82) is 0 Å². The molecule has 0 amide bonds. The van der Waals surface area contributed by atoms with Crippen molar-refractivity contribution >= 4 is 10.8 Å². The normalized spacial score (nSPS) is 40.3. The van der Waals surface area contributed by atoms with Gasteiger partial charge in [-0.3, -0.25) is 4.21 Å². The molecule has 12 heavy (non-hydrogen) atoms. The van der Waals surface area contributed by atoms with Crippen LogP contribution in [0.4, 0.5) is 0 Å². The van der Waals surface area contributed by atoms with Crippen LogP contribution < -0.4 is 0 Å². The monoisotopic (exact) mass is 186 g/mol. The number of hydrogen-bond acceptors (Lipinski definition) is 2. The maximum absolute atomic E-state index is 11.5. The molecule has 0 aromatic carbocycles. The molecule has 1 N–H and O–H groups in total. The first-order chi connectivity index (χ1) is 5.40. The topological polar surface area (TPSA) is 37.3 Å².